The van der Waals surface area contributed by atoms with Crippen LogP contribution in [0.2, 0.25) is 5.02 Å². The molecule has 0 saturated heterocycles. The van der Waals surface area contributed by atoms with E-state index in [4.69, 9.17) is 16.0 Å². The second kappa shape index (κ2) is 9.40. The Balaban J connectivity index is 1.46. The summed E-state index contributed by atoms with van der Waals surface area (Å²) in [5, 5.41) is 11.8. The number of sulfone groups is 1. The van der Waals surface area contributed by atoms with Crippen molar-refractivity contribution in [1.82, 2.24) is 25.1 Å². The summed E-state index contributed by atoms with van der Waals surface area (Å²) in [5.74, 6) is -0.604. The molecule has 0 fully saturated rings. The molecule has 9 nitrogen and oxygen atoms in total. The lowest BCUT2D eigenvalue weighted by molar-refractivity contribution is -0.118. The number of nitrogens with zero attached hydrogens (tertiary/aromatic N) is 3. The number of H-pyrrole nitrogens is 1. The minimum atomic E-state index is -4.14. The normalized spacial score (nSPS) is 11.7. The van der Waals surface area contributed by atoms with Crippen LogP contribution in [0.25, 0.3) is 22.3 Å². The maximum atomic E-state index is 13.3. The van der Waals surface area contributed by atoms with Crippen LogP contribution in [0.5, 0.6) is 0 Å². The van der Waals surface area contributed by atoms with Gasteiger partial charge in [0.1, 0.15) is 11.5 Å². The second-order valence-electron chi connectivity index (χ2n) is 7.85. The molecule has 11 heteroatoms. The van der Waals surface area contributed by atoms with Gasteiger partial charge in [-0.2, -0.15) is 0 Å². The molecule has 5 aromatic rings. The first-order valence-electron chi connectivity index (χ1n) is 10.7. The number of hydrogen-bond donors (Lipinski definition) is 2. The molecular formula is C24H20ClN5O4S. The highest BCUT2D eigenvalue weighted by atomic mass is 35.5. The summed E-state index contributed by atoms with van der Waals surface area (Å²) in [6, 6.07) is 18.0. The zero-order valence-electron chi connectivity index (χ0n) is 18.3. The first-order valence-corrected chi connectivity index (χ1v) is 12.7. The largest absolute Gasteiger partial charge is 0.467 e. The fourth-order valence-corrected chi connectivity index (χ4v) is 5.23. The topological polar surface area (TPSA) is 123 Å². The SMILES string of the molecule is O=C(CS(=O)(=O)c1nnc(-c2c[nH]c3ccccc23)n1Cc1ccco1)NCc1ccccc1Cl. The van der Waals surface area contributed by atoms with Crippen molar-refractivity contribution >= 4 is 38.2 Å². The van der Waals surface area contributed by atoms with Gasteiger partial charge in [0.05, 0.1) is 12.8 Å². The number of halogens is 1. The maximum absolute atomic E-state index is 13.3. The molecule has 0 unspecified atom stereocenters. The Bertz CT molecular complexity index is 1610. The molecule has 0 aliphatic carbocycles. The molecule has 3 aromatic heterocycles. The summed E-state index contributed by atoms with van der Waals surface area (Å²) in [6.07, 6.45) is 3.25. The minimum Gasteiger partial charge on any atom is -0.467 e. The molecule has 0 radical (unpaired) electrons. The van der Waals surface area contributed by atoms with Crippen LogP contribution in [-0.2, 0) is 27.7 Å². The van der Waals surface area contributed by atoms with Crippen molar-refractivity contribution in [2.75, 3.05) is 5.75 Å². The molecule has 0 spiro atoms. The fraction of sp³-hybridized carbons (Fsp3) is 0.125. The third-order valence-electron chi connectivity index (χ3n) is 5.47. The van der Waals surface area contributed by atoms with Gasteiger partial charge in [-0.05, 0) is 29.8 Å². The van der Waals surface area contributed by atoms with Crippen molar-refractivity contribution in [3.8, 4) is 11.4 Å². The lowest BCUT2D eigenvalue weighted by atomic mass is 10.1. The van der Waals surface area contributed by atoms with Crippen LogP contribution < -0.4 is 5.32 Å². The Kier molecular flexibility index (Phi) is 6.14. The highest BCUT2D eigenvalue weighted by Crippen LogP contribution is 2.29. The van der Waals surface area contributed by atoms with Gasteiger partial charge in [0, 0.05) is 34.2 Å². The number of benzene rings is 2. The molecule has 2 N–H and O–H groups in total. The molecule has 2 aromatic carbocycles. The van der Waals surface area contributed by atoms with Crippen molar-refractivity contribution in [2.24, 2.45) is 0 Å². The first-order chi connectivity index (χ1) is 16.9. The van der Waals surface area contributed by atoms with Gasteiger partial charge in [-0.1, -0.05) is 48.0 Å². The fourth-order valence-electron chi connectivity index (χ4n) is 3.80. The first kappa shape index (κ1) is 22.9. The van der Waals surface area contributed by atoms with Crippen LogP contribution in [-0.4, -0.2) is 39.8 Å². The highest BCUT2D eigenvalue weighted by Gasteiger charge is 2.29. The number of aromatic nitrogens is 4. The molecule has 0 atom stereocenters. The Morgan fingerprint density at radius 2 is 1.86 bits per heavy atom. The molecule has 178 valence electrons. The summed E-state index contributed by atoms with van der Waals surface area (Å²) >= 11 is 6.12. The van der Waals surface area contributed by atoms with Crippen LogP contribution in [0.1, 0.15) is 11.3 Å². The summed E-state index contributed by atoms with van der Waals surface area (Å²) < 4.78 is 33.4. The molecule has 5 rings (SSSR count). The van der Waals surface area contributed by atoms with Crippen molar-refractivity contribution in [1.29, 1.82) is 0 Å². The molecular weight excluding hydrogens is 490 g/mol. The number of furan rings is 1. The average molecular weight is 510 g/mol. The van der Waals surface area contributed by atoms with E-state index in [1.807, 2.05) is 24.3 Å². The van der Waals surface area contributed by atoms with Gasteiger partial charge >= 0.3 is 0 Å². The molecule has 3 heterocycles. The third-order valence-corrected chi connectivity index (χ3v) is 7.34. The molecule has 0 aliphatic heterocycles. The number of nitrogens with one attached hydrogen (secondary N) is 2. The van der Waals surface area contributed by atoms with E-state index in [-0.39, 0.29) is 18.2 Å². The van der Waals surface area contributed by atoms with Gasteiger partial charge in [-0.15, -0.1) is 10.2 Å². The number of carbonyl (C=O) groups excluding carboxylic acids is 1. The summed E-state index contributed by atoms with van der Waals surface area (Å²) in [6.45, 7) is 0.179. The number of aromatic amines is 1. The van der Waals surface area contributed by atoms with Crippen molar-refractivity contribution in [2.45, 2.75) is 18.2 Å². The van der Waals surface area contributed by atoms with Gasteiger partial charge in [-0.25, -0.2) is 8.42 Å². The lowest BCUT2D eigenvalue weighted by Crippen LogP contribution is -2.31. The van der Waals surface area contributed by atoms with E-state index in [0.717, 1.165) is 10.9 Å². The van der Waals surface area contributed by atoms with Crippen LogP contribution >= 0.6 is 11.6 Å². The Hall–Kier alpha value is -3.89. The quantitative estimate of drug-likeness (QED) is 0.328. The van der Waals surface area contributed by atoms with Gasteiger partial charge in [-0.3, -0.25) is 9.36 Å². The van der Waals surface area contributed by atoms with E-state index in [1.165, 1.54) is 10.8 Å². The van der Waals surface area contributed by atoms with E-state index >= 15 is 0 Å². The van der Waals surface area contributed by atoms with Gasteiger partial charge in [0.2, 0.25) is 15.7 Å². The zero-order valence-corrected chi connectivity index (χ0v) is 19.9. The summed E-state index contributed by atoms with van der Waals surface area (Å²) in [5.41, 5.74) is 2.24. The van der Waals surface area contributed by atoms with Crippen molar-refractivity contribution in [3.63, 3.8) is 0 Å². The van der Waals surface area contributed by atoms with E-state index in [1.54, 1.807) is 42.6 Å². The molecule has 0 bridgehead atoms. The van der Waals surface area contributed by atoms with Crippen LogP contribution in [0.4, 0.5) is 0 Å². The molecule has 35 heavy (non-hydrogen) atoms. The zero-order chi connectivity index (χ0) is 24.4. The van der Waals surface area contributed by atoms with Crippen molar-refractivity contribution in [3.05, 3.63) is 89.5 Å². The van der Waals surface area contributed by atoms with Crippen LogP contribution in [0, 0.1) is 0 Å². The molecule has 0 aliphatic rings. The van der Waals surface area contributed by atoms with E-state index < -0.39 is 21.5 Å². The summed E-state index contributed by atoms with van der Waals surface area (Å²) in [4.78, 5) is 15.7. The number of amides is 1. The summed E-state index contributed by atoms with van der Waals surface area (Å²) in [7, 11) is -4.14. The molecule has 0 saturated carbocycles. The van der Waals surface area contributed by atoms with E-state index in [0.29, 0.717) is 27.7 Å². The van der Waals surface area contributed by atoms with Crippen LogP contribution in [0.15, 0.2) is 82.7 Å². The van der Waals surface area contributed by atoms with Gasteiger partial charge in [0.15, 0.2) is 5.82 Å². The maximum Gasteiger partial charge on any atom is 0.250 e. The Morgan fingerprint density at radius 1 is 1.06 bits per heavy atom. The number of fused-ring (bicyclic) bond motifs is 1. The number of carbonyl (C=O) groups is 1. The minimum absolute atomic E-state index is 0.0741. The molecule has 1 amide bonds. The van der Waals surface area contributed by atoms with Crippen molar-refractivity contribution < 1.29 is 17.6 Å². The average Bonchev–Trinajstić information content (AvgIpc) is 3.58. The van der Waals surface area contributed by atoms with Crippen LogP contribution in [0.3, 0.4) is 0 Å². The predicted molar refractivity (Wildman–Crippen MR) is 130 cm³/mol. The standard InChI is InChI=1S/C24H20ClN5O4S/c25-20-9-3-1-6-16(20)12-27-22(31)15-35(32,33)24-29-28-23(30(24)14-17-7-5-11-34-17)19-13-26-21-10-4-2-8-18(19)21/h1-11,13,26H,12,14-15H2,(H,27,31). The van der Waals surface area contributed by atoms with Gasteiger partial charge < -0.3 is 14.7 Å². The Morgan fingerprint density at radius 3 is 2.66 bits per heavy atom. The third kappa shape index (κ3) is 4.71. The number of hydrogen-bond acceptors (Lipinski definition) is 6. The van der Waals surface area contributed by atoms with Gasteiger partial charge in [0.25, 0.3) is 5.16 Å². The Labute approximate surface area is 205 Å². The smallest absolute Gasteiger partial charge is 0.250 e. The lowest BCUT2D eigenvalue weighted by Gasteiger charge is -2.10. The number of para-hydroxylation sites is 1. The number of rotatable bonds is 8. The second-order valence-corrected chi connectivity index (χ2v) is 10.1. The predicted octanol–water partition coefficient (Wildman–Crippen LogP) is 3.81. The van der Waals surface area contributed by atoms with E-state index in [2.05, 4.69) is 20.5 Å². The highest BCUT2D eigenvalue weighted by molar-refractivity contribution is 7.92. The van der Waals surface area contributed by atoms with E-state index in [9.17, 15) is 13.2 Å². The monoisotopic (exact) mass is 509 g/mol.